The average Bonchev–Trinajstić information content (AvgIpc) is 3.22. The molecule has 0 spiro atoms. The maximum atomic E-state index is 14.0. The molecule has 1 N–H and O–H groups in total. The fourth-order valence-corrected chi connectivity index (χ4v) is 8.68. The van der Waals surface area contributed by atoms with E-state index in [4.69, 9.17) is 4.74 Å². The fraction of sp³-hybridized carbons (Fsp3) is 0.821. The van der Waals surface area contributed by atoms with Crippen LogP contribution in [0.5, 0.6) is 0 Å². The summed E-state index contributed by atoms with van der Waals surface area (Å²) in [6.45, 7) is 10.2. The first-order chi connectivity index (χ1) is 17.2. The summed E-state index contributed by atoms with van der Waals surface area (Å²) < 4.78 is 8.33. The van der Waals surface area contributed by atoms with Crippen LogP contribution in [0, 0.1) is 34.5 Å². The van der Waals surface area contributed by atoms with Crippen LogP contribution in [0.15, 0.2) is 12.2 Å². The van der Waals surface area contributed by atoms with Crippen LogP contribution in [0.4, 0.5) is 4.79 Å². The first-order valence-electron chi connectivity index (χ1n) is 14.0. The summed E-state index contributed by atoms with van der Waals surface area (Å²) in [4.78, 5) is 42.7. The molecule has 8 heteroatoms. The maximum absolute atomic E-state index is 14.0. The number of hydrogen-bond donors (Lipinski definition) is 1. The standard InChI is InChI=1S/C28H45N3O4S/c1-6-35-18-8-17-31(26(34)29-36-7-2)25(33)22-11-10-20-19-9-12-23-28(4,16-14-24(32)30(23)5)21(19)13-15-27(20,22)3/h14,16,19-23H,6-13,15,17-18H2,1-5H3,(H,29,34)/t19-,20-,21-,22+,23+,27-,28+/m0/s1. The summed E-state index contributed by atoms with van der Waals surface area (Å²) in [5, 5.41) is 0. The van der Waals surface area contributed by atoms with Crippen molar-refractivity contribution in [2.24, 2.45) is 34.5 Å². The molecule has 202 valence electrons. The highest BCUT2D eigenvalue weighted by molar-refractivity contribution is 7.97. The minimum atomic E-state index is -0.294. The largest absolute Gasteiger partial charge is 0.382 e. The molecule has 0 aromatic rings. The third-order valence-corrected chi connectivity index (χ3v) is 10.7. The number of nitrogens with one attached hydrogen (secondary N) is 1. The Kier molecular flexibility index (Phi) is 8.45. The quantitative estimate of drug-likeness (QED) is 0.365. The molecule has 7 atom stereocenters. The van der Waals surface area contributed by atoms with E-state index in [-0.39, 0.29) is 40.6 Å². The Balaban J connectivity index is 1.52. The number of nitrogens with zero attached hydrogens (tertiary/aromatic N) is 2. The maximum Gasteiger partial charge on any atom is 0.334 e. The van der Waals surface area contributed by atoms with Crippen LogP contribution in [-0.4, -0.2) is 66.2 Å². The predicted octanol–water partition coefficient (Wildman–Crippen LogP) is 4.87. The van der Waals surface area contributed by atoms with Gasteiger partial charge in [-0.1, -0.05) is 26.8 Å². The summed E-state index contributed by atoms with van der Waals surface area (Å²) in [5.41, 5.74) is -0.0878. The predicted molar refractivity (Wildman–Crippen MR) is 143 cm³/mol. The Morgan fingerprint density at radius 2 is 1.94 bits per heavy atom. The normalized spacial score (nSPS) is 37.2. The molecule has 0 saturated heterocycles. The Bertz CT molecular complexity index is 881. The minimum Gasteiger partial charge on any atom is -0.382 e. The van der Waals surface area contributed by atoms with Crippen LogP contribution in [-0.2, 0) is 14.3 Å². The molecule has 0 aromatic carbocycles. The molecule has 0 radical (unpaired) electrons. The van der Waals surface area contributed by atoms with E-state index in [0.717, 1.165) is 44.3 Å². The van der Waals surface area contributed by atoms with Crippen LogP contribution in [0.25, 0.3) is 0 Å². The molecule has 7 nitrogen and oxygen atoms in total. The third kappa shape index (κ3) is 4.72. The van der Waals surface area contributed by atoms with E-state index in [2.05, 4.69) is 24.6 Å². The zero-order valence-corrected chi connectivity index (χ0v) is 23.6. The van der Waals surface area contributed by atoms with Crippen LogP contribution in [0.1, 0.15) is 72.6 Å². The van der Waals surface area contributed by atoms with Crippen molar-refractivity contribution >= 4 is 29.8 Å². The van der Waals surface area contributed by atoms with Gasteiger partial charge in [-0.05, 0) is 93.1 Å². The lowest BCUT2D eigenvalue weighted by molar-refractivity contribution is -0.145. The molecule has 4 rings (SSSR count). The molecular weight excluding hydrogens is 474 g/mol. The third-order valence-electron chi connectivity index (χ3n) is 10.1. The number of carbonyl (C=O) groups is 3. The van der Waals surface area contributed by atoms with E-state index in [1.165, 1.54) is 16.8 Å². The topological polar surface area (TPSA) is 79.0 Å². The van der Waals surface area contributed by atoms with E-state index >= 15 is 0 Å². The van der Waals surface area contributed by atoms with Crippen molar-refractivity contribution in [3.8, 4) is 0 Å². The van der Waals surface area contributed by atoms with Crippen LogP contribution >= 0.6 is 11.9 Å². The van der Waals surface area contributed by atoms with Gasteiger partial charge in [-0.25, -0.2) is 4.79 Å². The number of rotatable bonds is 8. The van der Waals surface area contributed by atoms with Crippen molar-refractivity contribution in [2.45, 2.75) is 78.7 Å². The first-order valence-corrected chi connectivity index (χ1v) is 14.9. The Labute approximate surface area is 221 Å². The molecule has 3 fully saturated rings. The molecule has 36 heavy (non-hydrogen) atoms. The Hall–Kier alpha value is -1.54. The summed E-state index contributed by atoms with van der Waals surface area (Å²) in [7, 11) is 1.95. The molecule has 0 bridgehead atoms. The van der Waals surface area contributed by atoms with Gasteiger partial charge in [0, 0.05) is 49.9 Å². The van der Waals surface area contributed by atoms with Gasteiger partial charge in [0.25, 0.3) is 0 Å². The summed E-state index contributed by atoms with van der Waals surface area (Å²) in [6.07, 6.45) is 10.7. The highest BCUT2D eigenvalue weighted by Crippen LogP contribution is 2.65. The number of urea groups is 1. The van der Waals surface area contributed by atoms with Crippen LogP contribution < -0.4 is 4.72 Å². The second-order valence-corrected chi connectivity index (χ2v) is 12.7. The highest BCUT2D eigenvalue weighted by Gasteiger charge is 2.62. The van der Waals surface area contributed by atoms with Gasteiger partial charge < -0.3 is 9.64 Å². The van der Waals surface area contributed by atoms with E-state index in [1.54, 1.807) is 6.08 Å². The molecule has 4 amide bonds. The van der Waals surface area contributed by atoms with Crippen molar-refractivity contribution in [1.29, 1.82) is 0 Å². The average molecular weight is 520 g/mol. The van der Waals surface area contributed by atoms with Gasteiger partial charge in [0.15, 0.2) is 0 Å². The minimum absolute atomic E-state index is 0.00240. The van der Waals surface area contributed by atoms with E-state index in [0.29, 0.717) is 43.9 Å². The molecule has 3 aliphatic carbocycles. The lowest BCUT2D eigenvalue weighted by atomic mass is 9.47. The van der Waals surface area contributed by atoms with Gasteiger partial charge in [0.2, 0.25) is 11.8 Å². The van der Waals surface area contributed by atoms with Crippen molar-refractivity contribution in [3.63, 3.8) is 0 Å². The van der Waals surface area contributed by atoms with Crippen molar-refractivity contribution in [3.05, 3.63) is 12.2 Å². The lowest BCUT2D eigenvalue weighted by Gasteiger charge is -2.60. The van der Waals surface area contributed by atoms with Gasteiger partial charge in [-0.2, -0.15) is 0 Å². The Morgan fingerprint density at radius 3 is 2.67 bits per heavy atom. The van der Waals surface area contributed by atoms with Gasteiger partial charge >= 0.3 is 6.03 Å². The van der Waals surface area contributed by atoms with Crippen molar-refractivity contribution in [2.75, 3.05) is 32.6 Å². The summed E-state index contributed by atoms with van der Waals surface area (Å²) >= 11 is 1.34. The zero-order chi connectivity index (χ0) is 26.1. The Morgan fingerprint density at radius 1 is 1.17 bits per heavy atom. The number of amides is 4. The number of likely N-dealkylation sites (N-methyl/N-ethyl adjacent to an activating group) is 1. The van der Waals surface area contributed by atoms with Gasteiger partial charge in [0.05, 0.1) is 0 Å². The molecule has 0 aromatic heterocycles. The second-order valence-electron chi connectivity index (χ2n) is 11.7. The smallest absolute Gasteiger partial charge is 0.334 e. The zero-order valence-electron chi connectivity index (χ0n) is 22.8. The van der Waals surface area contributed by atoms with Crippen LogP contribution in [0.3, 0.4) is 0 Å². The molecule has 1 aliphatic heterocycles. The van der Waals surface area contributed by atoms with E-state index in [9.17, 15) is 14.4 Å². The van der Waals surface area contributed by atoms with E-state index < -0.39 is 0 Å². The van der Waals surface area contributed by atoms with Gasteiger partial charge in [-0.3, -0.25) is 19.2 Å². The fourth-order valence-electron chi connectivity index (χ4n) is 8.30. The molecule has 0 unspecified atom stereocenters. The second kappa shape index (κ2) is 11.1. The summed E-state index contributed by atoms with van der Waals surface area (Å²) in [5.74, 6) is 2.32. The molecule has 3 saturated carbocycles. The molecular formula is C28H45N3O4S. The summed E-state index contributed by atoms with van der Waals surface area (Å²) in [6, 6.07) is -0.0304. The molecule has 4 aliphatic rings. The number of hydrogen-bond acceptors (Lipinski definition) is 5. The number of ether oxygens (including phenoxy) is 1. The van der Waals surface area contributed by atoms with Crippen LogP contribution in [0.2, 0.25) is 0 Å². The highest BCUT2D eigenvalue weighted by atomic mass is 32.2. The lowest BCUT2D eigenvalue weighted by Crippen LogP contribution is -2.60. The van der Waals surface area contributed by atoms with Crippen molar-refractivity contribution < 1.29 is 19.1 Å². The monoisotopic (exact) mass is 519 g/mol. The van der Waals surface area contributed by atoms with Crippen molar-refractivity contribution in [1.82, 2.24) is 14.5 Å². The van der Waals surface area contributed by atoms with E-state index in [1.807, 2.05) is 25.8 Å². The number of fused-ring (bicyclic) bond motifs is 5. The van der Waals surface area contributed by atoms with Gasteiger partial charge in [-0.15, -0.1) is 0 Å². The first kappa shape index (κ1) is 27.5. The van der Waals surface area contributed by atoms with Gasteiger partial charge in [0.1, 0.15) is 0 Å². The molecule has 1 heterocycles. The number of carbonyl (C=O) groups excluding carboxylic acids is 3. The SMILES string of the molecule is CCOCCCN(C(=O)NSCC)C(=O)[C@H]1CC[C@H]2[C@@H]3CC[C@H]4N(C)C(=O)C=C[C@]4(C)[C@H]3CC[C@]12C. The number of imide groups is 1.